The number of benzene rings is 3. The topological polar surface area (TPSA) is 0 Å². The van der Waals surface area contributed by atoms with Crippen LogP contribution in [0, 0.1) is 5.92 Å². The molecule has 2 aliphatic carbocycles. The zero-order valence-electron chi connectivity index (χ0n) is 14.6. The first kappa shape index (κ1) is 14.5. The van der Waals surface area contributed by atoms with Gasteiger partial charge in [-0.25, -0.2) is 0 Å². The average Bonchev–Trinajstić information content (AvgIpc) is 3.29. The maximum atomic E-state index is 2.40. The number of fused-ring (bicyclic) bond motifs is 6. The lowest BCUT2D eigenvalue weighted by atomic mass is 9.89. The summed E-state index contributed by atoms with van der Waals surface area (Å²) < 4.78 is 1.42. The predicted molar refractivity (Wildman–Crippen MR) is 112 cm³/mol. The van der Waals surface area contributed by atoms with E-state index >= 15 is 0 Å². The van der Waals surface area contributed by atoms with Crippen LogP contribution in [-0.4, -0.2) is 0 Å². The molecule has 1 heteroatoms. The monoisotopic (exact) mass is 350 g/mol. The molecule has 0 amide bonds. The van der Waals surface area contributed by atoms with Gasteiger partial charge in [-0.15, -0.1) is 11.3 Å². The second kappa shape index (κ2) is 5.18. The van der Waals surface area contributed by atoms with Gasteiger partial charge in [-0.3, -0.25) is 0 Å². The minimum Gasteiger partial charge on any atom is -0.140 e. The Morgan fingerprint density at radius 3 is 2.00 bits per heavy atom. The molecule has 0 saturated carbocycles. The van der Waals surface area contributed by atoms with E-state index in [-0.39, 0.29) is 0 Å². The van der Waals surface area contributed by atoms with Crippen LogP contribution in [-0.2, 0) is 6.42 Å². The van der Waals surface area contributed by atoms with Crippen LogP contribution in [0.3, 0.4) is 0 Å². The second-order valence-electron chi connectivity index (χ2n) is 7.38. The minimum absolute atomic E-state index is 0.565. The fraction of sp³-hybridized carbons (Fsp3) is 0.120. The summed E-state index contributed by atoms with van der Waals surface area (Å²) in [5.74, 6) is 0.565. The van der Waals surface area contributed by atoms with Crippen LogP contribution in [0.1, 0.15) is 28.5 Å². The fourth-order valence-electron chi connectivity index (χ4n) is 4.84. The molecule has 0 bridgehead atoms. The van der Waals surface area contributed by atoms with E-state index in [0.717, 1.165) is 6.42 Å². The molecular formula is C25H18S. The Morgan fingerprint density at radius 1 is 0.731 bits per heavy atom. The number of rotatable bonds is 0. The van der Waals surface area contributed by atoms with Gasteiger partial charge in [0.1, 0.15) is 0 Å². The zero-order valence-corrected chi connectivity index (χ0v) is 15.4. The standard InChI is InChI=1S/C25H18S/c1-15-14-22-25(20-12-6-7-13-21(20)26-22)23(15)24-18-10-4-2-8-16(18)17-9-3-5-11-19(17)24/h2-13,15H,14H2,1H3/t15-/m0/s1. The lowest BCUT2D eigenvalue weighted by molar-refractivity contribution is 0.788. The van der Waals surface area contributed by atoms with E-state index in [2.05, 4.69) is 79.7 Å². The highest BCUT2D eigenvalue weighted by Gasteiger charge is 2.34. The maximum absolute atomic E-state index is 2.40. The van der Waals surface area contributed by atoms with Gasteiger partial charge >= 0.3 is 0 Å². The molecule has 0 unspecified atom stereocenters. The van der Waals surface area contributed by atoms with Crippen molar-refractivity contribution in [1.29, 1.82) is 0 Å². The largest absolute Gasteiger partial charge is 0.140 e. The van der Waals surface area contributed by atoms with Gasteiger partial charge in [0.05, 0.1) is 0 Å². The van der Waals surface area contributed by atoms with E-state index in [1.807, 2.05) is 11.3 Å². The maximum Gasteiger partial charge on any atom is 0.0352 e. The van der Waals surface area contributed by atoms with Crippen LogP contribution in [0.5, 0.6) is 0 Å². The summed E-state index contributed by atoms with van der Waals surface area (Å²) in [4.78, 5) is 1.56. The van der Waals surface area contributed by atoms with Crippen LogP contribution in [0.25, 0.3) is 32.4 Å². The minimum atomic E-state index is 0.565. The molecule has 3 aromatic carbocycles. The Balaban J connectivity index is 1.77. The van der Waals surface area contributed by atoms with Crippen LogP contribution in [0.15, 0.2) is 72.8 Å². The number of thiophene rings is 1. The molecule has 6 rings (SSSR count). The van der Waals surface area contributed by atoms with Gasteiger partial charge < -0.3 is 0 Å². The normalized spacial score (nSPS) is 17.5. The summed E-state index contributed by atoms with van der Waals surface area (Å²) in [5, 5.41) is 1.43. The average molecular weight is 350 g/mol. The molecule has 0 saturated heterocycles. The van der Waals surface area contributed by atoms with Crippen molar-refractivity contribution in [2.75, 3.05) is 0 Å². The number of allylic oxidation sites excluding steroid dienone is 1. The number of hydrogen-bond acceptors (Lipinski definition) is 1. The van der Waals surface area contributed by atoms with E-state index in [4.69, 9.17) is 0 Å². The summed E-state index contributed by atoms with van der Waals surface area (Å²) in [6, 6.07) is 26.7. The van der Waals surface area contributed by atoms with Crippen molar-refractivity contribution in [1.82, 2.24) is 0 Å². The van der Waals surface area contributed by atoms with E-state index in [0.29, 0.717) is 5.92 Å². The van der Waals surface area contributed by atoms with Crippen molar-refractivity contribution >= 4 is 32.6 Å². The molecule has 0 aliphatic heterocycles. The smallest absolute Gasteiger partial charge is 0.0352 e. The molecule has 124 valence electrons. The molecule has 0 spiro atoms. The van der Waals surface area contributed by atoms with E-state index in [1.165, 1.54) is 43.5 Å². The fourth-order valence-corrected chi connectivity index (χ4v) is 6.19. The van der Waals surface area contributed by atoms with Crippen molar-refractivity contribution in [3.05, 3.63) is 94.4 Å². The van der Waals surface area contributed by atoms with Crippen molar-refractivity contribution in [3.63, 3.8) is 0 Å². The van der Waals surface area contributed by atoms with Gasteiger partial charge in [0.25, 0.3) is 0 Å². The van der Waals surface area contributed by atoms with Crippen molar-refractivity contribution in [2.24, 2.45) is 5.92 Å². The highest BCUT2D eigenvalue weighted by atomic mass is 32.1. The lowest BCUT2D eigenvalue weighted by Gasteiger charge is -2.14. The Bertz CT molecular complexity index is 1170. The molecular weight excluding hydrogens is 332 g/mol. The summed E-state index contributed by atoms with van der Waals surface area (Å²) in [5.41, 5.74) is 10.1. The molecule has 0 fully saturated rings. The van der Waals surface area contributed by atoms with Gasteiger partial charge in [0, 0.05) is 20.5 Å². The Hall–Kier alpha value is -2.64. The summed E-state index contributed by atoms with van der Waals surface area (Å²) in [6.07, 6.45) is 1.16. The predicted octanol–water partition coefficient (Wildman–Crippen LogP) is 7.03. The first-order valence-electron chi connectivity index (χ1n) is 9.27. The molecule has 1 heterocycles. The number of hydrogen-bond donors (Lipinski definition) is 0. The van der Waals surface area contributed by atoms with Gasteiger partial charge in [-0.2, -0.15) is 0 Å². The van der Waals surface area contributed by atoms with E-state index in [1.54, 1.807) is 10.5 Å². The van der Waals surface area contributed by atoms with Crippen molar-refractivity contribution < 1.29 is 0 Å². The third-order valence-electron chi connectivity index (χ3n) is 5.87. The van der Waals surface area contributed by atoms with E-state index < -0.39 is 0 Å². The Labute approximate surface area is 157 Å². The van der Waals surface area contributed by atoms with Crippen molar-refractivity contribution in [2.45, 2.75) is 13.3 Å². The third kappa shape index (κ3) is 1.79. The first-order chi connectivity index (χ1) is 12.8. The van der Waals surface area contributed by atoms with Crippen molar-refractivity contribution in [3.8, 4) is 11.1 Å². The van der Waals surface area contributed by atoms with Gasteiger partial charge in [-0.1, -0.05) is 73.7 Å². The van der Waals surface area contributed by atoms with E-state index in [9.17, 15) is 0 Å². The zero-order chi connectivity index (χ0) is 17.3. The SMILES string of the molecule is C[C@H]1Cc2sc3ccccc3c2C1=C1c2ccccc2-c2ccccc21. The quantitative estimate of drug-likeness (QED) is 0.281. The molecule has 4 aromatic rings. The molecule has 0 radical (unpaired) electrons. The molecule has 0 N–H and O–H groups in total. The first-order valence-corrected chi connectivity index (χ1v) is 10.1. The van der Waals surface area contributed by atoms with Crippen LogP contribution in [0.2, 0.25) is 0 Å². The van der Waals surface area contributed by atoms with Crippen LogP contribution >= 0.6 is 11.3 Å². The molecule has 2 aliphatic rings. The molecule has 1 atom stereocenters. The summed E-state index contributed by atoms with van der Waals surface area (Å²) in [6.45, 7) is 2.40. The molecule has 1 aromatic heterocycles. The van der Waals surface area contributed by atoms with Crippen LogP contribution in [0.4, 0.5) is 0 Å². The lowest BCUT2D eigenvalue weighted by Crippen LogP contribution is -1.96. The Kier molecular flexibility index (Phi) is 2.90. The highest BCUT2D eigenvalue weighted by molar-refractivity contribution is 7.19. The Morgan fingerprint density at radius 2 is 1.31 bits per heavy atom. The summed E-state index contributed by atoms with van der Waals surface area (Å²) in [7, 11) is 0. The third-order valence-corrected chi connectivity index (χ3v) is 7.07. The van der Waals surface area contributed by atoms with Crippen LogP contribution < -0.4 is 0 Å². The highest BCUT2D eigenvalue weighted by Crippen LogP contribution is 2.54. The van der Waals surface area contributed by atoms with Gasteiger partial charge in [0.15, 0.2) is 0 Å². The molecule has 0 nitrogen and oxygen atoms in total. The van der Waals surface area contributed by atoms with Gasteiger partial charge in [0.2, 0.25) is 0 Å². The summed E-state index contributed by atoms with van der Waals surface area (Å²) >= 11 is 1.98. The second-order valence-corrected chi connectivity index (χ2v) is 8.52. The van der Waals surface area contributed by atoms with Gasteiger partial charge in [-0.05, 0) is 51.8 Å². The molecule has 26 heavy (non-hydrogen) atoms.